The van der Waals surface area contributed by atoms with Crippen molar-refractivity contribution in [2.45, 2.75) is 45.2 Å². The van der Waals surface area contributed by atoms with Gasteiger partial charge in [0.15, 0.2) is 0 Å². The number of methoxy groups -OCH3 is 1. The second-order valence-electron chi connectivity index (χ2n) is 9.66. The third-order valence-electron chi connectivity index (χ3n) is 7.24. The van der Waals surface area contributed by atoms with Crippen molar-refractivity contribution in [2.24, 2.45) is 5.92 Å². The number of hydrogen-bond donors (Lipinski definition) is 1. The summed E-state index contributed by atoms with van der Waals surface area (Å²) in [6.07, 6.45) is 4.18. The van der Waals surface area contributed by atoms with Crippen molar-refractivity contribution in [3.8, 4) is 22.6 Å². The molecule has 186 valence electrons. The zero-order valence-electron chi connectivity index (χ0n) is 20.5. The lowest BCUT2D eigenvalue weighted by atomic mass is 9.86. The number of rotatable bonds is 6. The van der Waals surface area contributed by atoms with Crippen molar-refractivity contribution in [3.63, 3.8) is 0 Å². The van der Waals surface area contributed by atoms with Gasteiger partial charge in [0.2, 0.25) is 0 Å². The summed E-state index contributed by atoms with van der Waals surface area (Å²) in [7, 11) is 1.66. The van der Waals surface area contributed by atoms with E-state index in [2.05, 4.69) is 13.0 Å². The van der Waals surface area contributed by atoms with Gasteiger partial charge in [-0.3, -0.25) is 4.79 Å². The molecule has 1 aromatic heterocycles. The first-order valence-electron chi connectivity index (χ1n) is 12.4. The Hall–Kier alpha value is -3.02. The number of ether oxygens (including phenoxy) is 1. The van der Waals surface area contributed by atoms with Gasteiger partial charge in [-0.1, -0.05) is 54.9 Å². The minimum Gasteiger partial charge on any atom is -0.508 e. The Balaban J connectivity index is 1.53. The van der Waals surface area contributed by atoms with Gasteiger partial charge in [-0.15, -0.1) is 11.3 Å². The van der Waals surface area contributed by atoms with E-state index < -0.39 is 0 Å². The summed E-state index contributed by atoms with van der Waals surface area (Å²) in [6, 6.07) is 21.3. The number of halogens is 1. The van der Waals surface area contributed by atoms with Crippen molar-refractivity contribution in [2.75, 3.05) is 7.11 Å². The Morgan fingerprint density at radius 2 is 1.72 bits per heavy atom. The maximum Gasteiger partial charge on any atom is 0.266 e. The second kappa shape index (κ2) is 10.5. The van der Waals surface area contributed by atoms with Crippen molar-refractivity contribution in [1.29, 1.82) is 0 Å². The van der Waals surface area contributed by atoms with Gasteiger partial charge in [0, 0.05) is 28.2 Å². The molecule has 1 heterocycles. The first kappa shape index (κ1) is 24.7. The highest BCUT2D eigenvalue weighted by molar-refractivity contribution is 7.21. The van der Waals surface area contributed by atoms with Gasteiger partial charge in [-0.2, -0.15) is 0 Å². The molecule has 36 heavy (non-hydrogen) atoms. The molecule has 6 heteroatoms. The molecular formula is C30H30ClNO3S. The van der Waals surface area contributed by atoms with E-state index in [1.807, 2.05) is 53.4 Å². The molecule has 0 aliphatic heterocycles. The molecule has 0 radical (unpaired) electrons. The van der Waals surface area contributed by atoms with Crippen molar-refractivity contribution in [1.82, 2.24) is 4.90 Å². The fraction of sp³-hybridized carbons (Fsp3) is 0.300. The van der Waals surface area contributed by atoms with Crippen LogP contribution in [-0.2, 0) is 6.54 Å². The first-order chi connectivity index (χ1) is 17.4. The molecule has 1 aliphatic carbocycles. The van der Waals surface area contributed by atoms with Gasteiger partial charge in [0.25, 0.3) is 5.91 Å². The maximum absolute atomic E-state index is 14.1. The van der Waals surface area contributed by atoms with Gasteiger partial charge in [0.1, 0.15) is 16.4 Å². The van der Waals surface area contributed by atoms with Crippen molar-refractivity contribution < 1.29 is 14.6 Å². The highest BCUT2D eigenvalue weighted by atomic mass is 35.5. The van der Waals surface area contributed by atoms with Crippen LogP contribution in [0.5, 0.6) is 11.5 Å². The predicted octanol–water partition coefficient (Wildman–Crippen LogP) is 8.16. The predicted molar refractivity (Wildman–Crippen MR) is 148 cm³/mol. The van der Waals surface area contributed by atoms with E-state index in [-0.39, 0.29) is 17.7 Å². The number of nitrogens with zero attached hydrogens (tertiary/aromatic N) is 1. The summed E-state index contributed by atoms with van der Waals surface area (Å²) in [4.78, 5) is 16.7. The molecule has 4 aromatic rings. The lowest BCUT2D eigenvalue weighted by Crippen LogP contribution is -2.41. The van der Waals surface area contributed by atoms with E-state index >= 15 is 0 Å². The summed E-state index contributed by atoms with van der Waals surface area (Å²) in [5.74, 6) is 1.65. The number of thiophene rings is 1. The summed E-state index contributed by atoms with van der Waals surface area (Å²) in [5.41, 5.74) is 2.95. The minimum absolute atomic E-state index is 0.0159. The highest BCUT2D eigenvalue weighted by Crippen LogP contribution is 2.39. The quantitative estimate of drug-likeness (QED) is 0.279. The summed E-state index contributed by atoms with van der Waals surface area (Å²) in [6.45, 7) is 2.73. The van der Waals surface area contributed by atoms with Gasteiger partial charge >= 0.3 is 0 Å². The van der Waals surface area contributed by atoms with Crippen LogP contribution in [0.2, 0.25) is 5.02 Å². The molecule has 1 amide bonds. The number of aromatic hydroxyl groups is 1. The molecular weight excluding hydrogens is 490 g/mol. The second-order valence-corrected chi connectivity index (χ2v) is 11.1. The van der Waals surface area contributed by atoms with E-state index in [9.17, 15) is 9.90 Å². The van der Waals surface area contributed by atoms with Crippen LogP contribution in [0.4, 0.5) is 0 Å². The number of amides is 1. The van der Waals surface area contributed by atoms with E-state index in [0.717, 1.165) is 58.2 Å². The molecule has 0 bridgehead atoms. The van der Waals surface area contributed by atoms with E-state index in [0.29, 0.717) is 22.4 Å². The lowest BCUT2D eigenvalue weighted by molar-refractivity contribution is 0.0597. The summed E-state index contributed by atoms with van der Waals surface area (Å²) in [5, 5.41) is 11.2. The average molecular weight is 520 g/mol. The molecule has 0 atom stereocenters. The number of phenolic OH excluding ortho intramolecular Hbond substituents is 1. The number of fused-ring (bicyclic) bond motifs is 1. The van der Waals surface area contributed by atoms with Gasteiger partial charge in [0.05, 0.1) is 12.1 Å². The molecule has 4 nitrogen and oxygen atoms in total. The number of phenols is 1. The molecule has 1 N–H and O–H groups in total. The Kier molecular flexibility index (Phi) is 7.22. The van der Waals surface area contributed by atoms with Crippen LogP contribution in [0.15, 0.2) is 66.7 Å². The van der Waals surface area contributed by atoms with Gasteiger partial charge in [-0.05, 0) is 73.1 Å². The van der Waals surface area contributed by atoms with Crippen molar-refractivity contribution >= 4 is 38.9 Å². The molecule has 1 saturated carbocycles. The van der Waals surface area contributed by atoms with Crippen LogP contribution in [0.3, 0.4) is 0 Å². The fourth-order valence-electron chi connectivity index (χ4n) is 5.12. The first-order valence-corrected chi connectivity index (χ1v) is 13.6. The van der Waals surface area contributed by atoms with E-state index in [1.54, 1.807) is 19.2 Å². The Labute approximate surface area is 221 Å². The minimum atomic E-state index is -0.0159. The standard InChI is InChI=1S/C30H30ClNO3S/c1-19-7-12-23(13-8-19)32(30(34)29-28(31)25-5-3-4-6-27(25)36-29)18-22-17-21(11-16-26(22)35-2)20-9-14-24(33)15-10-20/h3-6,9-11,14-17,19,23,33H,7-8,12-13,18H2,1-2H3. The summed E-state index contributed by atoms with van der Waals surface area (Å²) >= 11 is 8.22. The fourth-order valence-corrected chi connectivity index (χ4v) is 6.59. The average Bonchev–Trinajstić information content (AvgIpc) is 3.24. The van der Waals surface area contributed by atoms with Gasteiger partial charge in [-0.25, -0.2) is 0 Å². The molecule has 5 rings (SSSR count). The topological polar surface area (TPSA) is 49.8 Å². The molecule has 1 aliphatic rings. The number of hydrogen-bond acceptors (Lipinski definition) is 4. The molecule has 1 fully saturated rings. The summed E-state index contributed by atoms with van der Waals surface area (Å²) < 4.78 is 6.74. The van der Waals surface area contributed by atoms with Crippen molar-refractivity contribution in [3.05, 3.63) is 82.2 Å². The molecule has 3 aromatic carbocycles. The molecule has 0 unspecified atom stereocenters. The monoisotopic (exact) mass is 519 g/mol. The lowest BCUT2D eigenvalue weighted by Gasteiger charge is -2.36. The number of carbonyl (C=O) groups excluding carboxylic acids is 1. The Bertz CT molecular complexity index is 1370. The van der Waals surface area contributed by atoms with Crippen LogP contribution < -0.4 is 4.74 Å². The Morgan fingerprint density at radius 1 is 1.03 bits per heavy atom. The molecule has 0 saturated heterocycles. The van der Waals surface area contributed by atoms with Crippen LogP contribution in [0.1, 0.15) is 47.8 Å². The van der Waals surface area contributed by atoms with Crippen LogP contribution >= 0.6 is 22.9 Å². The highest BCUT2D eigenvalue weighted by Gasteiger charge is 2.31. The van der Waals surface area contributed by atoms with E-state index in [4.69, 9.17) is 16.3 Å². The largest absolute Gasteiger partial charge is 0.508 e. The van der Waals surface area contributed by atoms with E-state index in [1.165, 1.54) is 11.3 Å². The smallest absolute Gasteiger partial charge is 0.266 e. The SMILES string of the molecule is COc1ccc(-c2ccc(O)cc2)cc1CN(C(=O)c1sc2ccccc2c1Cl)C1CCC(C)CC1. The number of benzene rings is 3. The third-order valence-corrected chi connectivity index (χ3v) is 8.90. The van der Waals surface area contributed by atoms with Gasteiger partial charge < -0.3 is 14.7 Å². The zero-order chi connectivity index (χ0) is 25.2. The Morgan fingerprint density at radius 3 is 2.42 bits per heavy atom. The zero-order valence-corrected chi connectivity index (χ0v) is 22.1. The normalized spacial score (nSPS) is 17.8. The number of carbonyl (C=O) groups is 1. The van der Waals surface area contributed by atoms with Crippen LogP contribution in [0, 0.1) is 5.92 Å². The van der Waals surface area contributed by atoms with Crippen LogP contribution in [-0.4, -0.2) is 29.1 Å². The van der Waals surface area contributed by atoms with Crippen LogP contribution in [0.25, 0.3) is 21.2 Å². The molecule has 0 spiro atoms. The maximum atomic E-state index is 14.1. The third kappa shape index (κ3) is 4.95.